The fraction of sp³-hybridized carbons (Fsp3) is 0.444. The van der Waals surface area contributed by atoms with Crippen molar-refractivity contribution < 1.29 is 9.53 Å². The Kier molecular flexibility index (Phi) is 5.92. The van der Waals surface area contributed by atoms with Crippen LogP contribution < -0.4 is 4.90 Å². The Bertz CT molecular complexity index is 982. The van der Waals surface area contributed by atoms with E-state index in [-0.39, 0.29) is 12.1 Å². The summed E-state index contributed by atoms with van der Waals surface area (Å²) in [7, 11) is 0. The molecule has 2 saturated heterocycles. The van der Waals surface area contributed by atoms with E-state index in [0.717, 1.165) is 57.7 Å². The number of rotatable bonds is 5. The Labute approximate surface area is 191 Å². The number of hydrogen-bond acceptors (Lipinski definition) is 4. The van der Waals surface area contributed by atoms with Gasteiger partial charge in [0.05, 0.1) is 6.04 Å². The maximum Gasteiger partial charge on any atom is 0.410 e. The fourth-order valence-corrected chi connectivity index (χ4v) is 5.53. The van der Waals surface area contributed by atoms with Crippen molar-refractivity contribution in [3.05, 3.63) is 77.4 Å². The van der Waals surface area contributed by atoms with Crippen LogP contribution in [0.5, 0.6) is 0 Å². The number of anilines is 1. The molecule has 2 bridgehead atoms. The highest BCUT2D eigenvalue weighted by Crippen LogP contribution is 2.50. The molecule has 2 aliphatic heterocycles. The van der Waals surface area contributed by atoms with Gasteiger partial charge >= 0.3 is 6.09 Å². The molecule has 1 amide bonds. The molecule has 5 rings (SSSR count). The van der Waals surface area contributed by atoms with Crippen LogP contribution in [-0.4, -0.2) is 55.2 Å². The average molecular weight is 432 g/mol. The highest BCUT2D eigenvalue weighted by Gasteiger charge is 2.41. The van der Waals surface area contributed by atoms with Crippen LogP contribution >= 0.6 is 0 Å². The number of likely N-dealkylation sites (tertiary alicyclic amines) is 1. The largest absolute Gasteiger partial charge is 0.445 e. The molecule has 0 aromatic heterocycles. The summed E-state index contributed by atoms with van der Waals surface area (Å²) >= 11 is 0. The molecule has 3 aliphatic rings. The first-order valence-corrected chi connectivity index (χ1v) is 11.8. The lowest BCUT2D eigenvalue weighted by Crippen LogP contribution is -2.46. The average Bonchev–Trinajstić information content (AvgIpc) is 3.09. The first-order valence-electron chi connectivity index (χ1n) is 11.8. The van der Waals surface area contributed by atoms with Crippen molar-refractivity contribution in [2.75, 3.05) is 44.2 Å². The molecule has 5 heteroatoms. The van der Waals surface area contributed by atoms with Crippen LogP contribution in [0.2, 0.25) is 0 Å². The van der Waals surface area contributed by atoms with E-state index in [1.165, 1.54) is 22.4 Å². The van der Waals surface area contributed by atoms with E-state index in [0.29, 0.717) is 12.5 Å². The Morgan fingerprint density at radius 3 is 2.56 bits per heavy atom. The van der Waals surface area contributed by atoms with E-state index in [2.05, 4.69) is 41.5 Å². The third-order valence-electron chi connectivity index (χ3n) is 7.14. The van der Waals surface area contributed by atoms with Gasteiger partial charge in [0, 0.05) is 45.0 Å². The number of piperazine rings is 1. The van der Waals surface area contributed by atoms with Crippen LogP contribution in [0.1, 0.15) is 48.4 Å². The molecule has 32 heavy (non-hydrogen) atoms. The smallest absolute Gasteiger partial charge is 0.410 e. The lowest BCUT2D eigenvalue weighted by molar-refractivity contribution is 0.0694. The third-order valence-corrected chi connectivity index (χ3v) is 7.14. The van der Waals surface area contributed by atoms with Crippen molar-refractivity contribution in [2.45, 2.75) is 38.3 Å². The molecule has 2 fully saturated rings. The van der Waals surface area contributed by atoms with Crippen LogP contribution in [0.4, 0.5) is 10.5 Å². The van der Waals surface area contributed by atoms with Crippen LogP contribution in [0.3, 0.4) is 0 Å². The van der Waals surface area contributed by atoms with Crippen molar-refractivity contribution in [3.63, 3.8) is 0 Å². The summed E-state index contributed by atoms with van der Waals surface area (Å²) in [6.07, 6.45) is 1.85. The minimum Gasteiger partial charge on any atom is -0.445 e. The van der Waals surface area contributed by atoms with Crippen molar-refractivity contribution in [3.8, 4) is 0 Å². The predicted octanol–water partition coefficient (Wildman–Crippen LogP) is 4.96. The van der Waals surface area contributed by atoms with E-state index in [4.69, 9.17) is 4.74 Å². The fourth-order valence-electron chi connectivity index (χ4n) is 5.53. The molecule has 0 spiro atoms. The lowest BCUT2D eigenvalue weighted by Gasteiger charge is -2.36. The van der Waals surface area contributed by atoms with Gasteiger partial charge in [-0.3, -0.25) is 4.90 Å². The van der Waals surface area contributed by atoms with Crippen molar-refractivity contribution in [1.29, 1.82) is 0 Å². The highest BCUT2D eigenvalue weighted by molar-refractivity contribution is 5.70. The predicted molar refractivity (Wildman–Crippen MR) is 128 cm³/mol. The van der Waals surface area contributed by atoms with Crippen molar-refractivity contribution in [1.82, 2.24) is 9.80 Å². The van der Waals surface area contributed by atoms with E-state index < -0.39 is 0 Å². The summed E-state index contributed by atoms with van der Waals surface area (Å²) in [6.45, 7) is 12.4. The number of hydrogen-bond donors (Lipinski definition) is 0. The van der Waals surface area contributed by atoms with Gasteiger partial charge in [-0.1, -0.05) is 48.6 Å². The topological polar surface area (TPSA) is 36.0 Å². The lowest BCUT2D eigenvalue weighted by atomic mass is 9.96. The summed E-state index contributed by atoms with van der Waals surface area (Å²) in [4.78, 5) is 19.9. The second-order valence-electron chi connectivity index (χ2n) is 9.50. The molecule has 2 heterocycles. The quantitative estimate of drug-likeness (QED) is 0.627. The zero-order valence-electron chi connectivity index (χ0n) is 19.0. The minimum absolute atomic E-state index is 0.136. The molecule has 0 N–H and O–H groups in total. The van der Waals surface area contributed by atoms with Gasteiger partial charge in [0.2, 0.25) is 0 Å². The molecule has 1 unspecified atom stereocenters. The van der Waals surface area contributed by atoms with Gasteiger partial charge in [0.25, 0.3) is 0 Å². The summed E-state index contributed by atoms with van der Waals surface area (Å²) in [6, 6.07) is 17.0. The van der Waals surface area contributed by atoms with Crippen molar-refractivity contribution >= 4 is 11.8 Å². The summed E-state index contributed by atoms with van der Waals surface area (Å²) in [5.74, 6) is 0.564. The van der Waals surface area contributed by atoms with Crippen LogP contribution in [-0.2, 0) is 11.3 Å². The number of carbonyl (C=O) groups excluding carboxylic acids is 1. The molecule has 2 aromatic carbocycles. The number of ether oxygens (including phenoxy) is 1. The van der Waals surface area contributed by atoms with Crippen molar-refractivity contribution in [2.24, 2.45) is 0 Å². The van der Waals surface area contributed by atoms with Crippen LogP contribution in [0.15, 0.2) is 60.7 Å². The Morgan fingerprint density at radius 1 is 1.03 bits per heavy atom. The van der Waals surface area contributed by atoms with Gasteiger partial charge in [0.1, 0.15) is 6.61 Å². The van der Waals surface area contributed by atoms with Gasteiger partial charge in [-0.05, 0) is 54.5 Å². The SMILES string of the molecule is C=C(C)CN1CCN(c2ccc3c(c2)C2C[C@@H]3CCN2C(=O)OCc2ccccc2)CC1. The normalized spacial score (nSPS) is 22.5. The zero-order valence-corrected chi connectivity index (χ0v) is 19.0. The molecular formula is C27H33N3O2. The molecule has 0 radical (unpaired) electrons. The molecule has 1 aliphatic carbocycles. The summed E-state index contributed by atoms with van der Waals surface area (Å²) < 4.78 is 5.69. The van der Waals surface area contributed by atoms with E-state index in [9.17, 15) is 4.79 Å². The summed E-state index contributed by atoms with van der Waals surface area (Å²) in [5, 5.41) is 0. The second-order valence-corrected chi connectivity index (χ2v) is 9.50. The monoisotopic (exact) mass is 431 g/mol. The second kappa shape index (κ2) is 8.99. The minimum atomic E-state index is -0.191. The van der Waals surface area contributed by atoms with Crippen LogP contribution in [0, 0.1) is 0 Å². The molecule has 0 saturated carbocycles. The Balaban J connectivity index is 1.27. The Morgan fingerprint density at radius 2 is 1.81 bits per heavy atom. The number of nitrogens with zero attached hydrogens (tertiary/aromatic N) is 3. The Hall–Kier alpha value is -2.79. The molecule has 168 valence electrons. The molecule has 2 aromatic rings. The maximum absolute atomic E-state index is 13.0. The third kappa shape index (κ3) is 4.26. The highest BCUT2D eigenvalue weighted by atomic mass is 16.6. The zero-order chi connectivity index (χ0) is 22.1. The number of carbonyl (C=O) groups is 1. The standard InChI is InChI=1S/C27H33N3O2/c1-20(2)18-28-12-14-29(15-13-28)23-8-9-24-22-10-11-30(26(16-22)25(24)17-23)27(31)32-19-21-6-4-3-5-7-21/h3-9,17,22,26H,1,10-16,18-19H2,2H3/t22-,26?/m0/s1. The molecule has 2 atom stereocenters. The molecule has 5 nitrogen and oxygen atoms in total. The number of piperidine rings is 1. The van der Waals surface area contributed by atoms with E-state index in [1.807, 2.05) is 35.2 Å². The van der Waals surface area contributed by atoms with Crippen LogP contribution in [0.25, 0.3) is 0 Å². The number of benzene rings is 2. The van der Waals surface area contributed by atoms with Gasteiger partial charge in [-0.25, -0.2) is 4.79 Å². The first-order chi connectivity index (χ1) is 15.6. The van der Waals surface area contributed by atoms with E-state index >= 15 is 0 Å². The van der Waals surface area contributed by atoms with Gasteiger partial charge in [-0.15, -0.1) is 0 Å². The van der Waals surface area contributed by atoms with Gasteiger partial charge in [-0.2, -0.15) is 0 Å². The molecular weight excluding hydrogens is 398 g/mol. The van der Waals surface area contributed by atoms with E-state index in [1.54, 1.807) is 0 Å². The summed E-state index contributed by atoms with van der Waals surface area (Å²) in [5.41, 5.74) is 6.28. The van der Waals surface area contributed by atoms with Gasteiger partial charge < -0.3 is 14.5 Å². The first kappa shape index (κ1) is 21.1. The number of fused-ring (bicyclic) bond motifs is 5. The maximum atomic E-state index is 13.0. The van der Waals surface area contributed by atoms with Gasteiger partial charge in [0.15, 0.2) is 0 Å². The number of amides is 1.